The Morgan fingerprint density at radius 2 is 1.74 bits per heavy atom. The monoisotopic (exact) mass is 338 g/mol. The number of nitrogens with one attached hydrogen (secondary N) is 1. The molecule has 2 nitrogen and oxygen atoms in total. The van der Waals surface area contributed by atoms with Gasteiger partial charge in [-0.05, 0) is 25.7 Å². The van der Waals surface area contributed by atoms with E-state index < -0.39 is 0 Å². The van der Waals surface area contributed by atoms with Gasteiger partial charge in [0.25, 0.3) is 0 Å². The van der Waals surface area contributed by atoms with Gasteiger partial charge in [-0.3, -0.25) is 4.99 Å². The van der Waals surface area contributed by atoms with Crippen LogP contribution < -0.4 is 5.32 Å². The van der Waals surface area contributed by atoms with Crippen LogP contribution in [0.5, 0.6) is 0 Å². The lowest BCUT2D eigenvalue weighted by atomic mass is 10.1. The molecule has 0 aromatic heterocycles. The molecule has 0 saturated heterocycles. The highest BCUT2D eigenvalue weighted by Crippen LogP contribution is 2.09. The molecule has 1 unspecified atom stereocenters. The first-order chi connectivity index (χ1) is 11.2. The smallest absolute Gasteiger partial charge is 0.0965 e. The molecule has 0 aliphatic heterocycles. The largest absolute Gasteiger partial charge is 0.374 e. The summed E-state index contributed by atoms with van der Waals surface area (Å²) in [5, 5.41) is 3.64. The van der Waals surface area contributed by atoms with E-state index in [1.54, 1.807) is 0 Å². The van der Waals surface area contributed by atoms with E-state index in [1.807, 2.05) is 0 Å². The Morgan fingerprint density at radius 3 is 2.39 bits per heavy atom. The zero-order chi connectivity index (χ0) is 17.2. The average Bonchev–Trinajstić information content (AvgIpc) is 2.54. The van der Waals surface area contributed by atoms with E-state index in [0.29, 0.717) is 0 Å². The van der Waals surface area contributed by atoms with Crippen molar-refractivity contribution in [1.82, 2.24) is 5.32 Å². The van der Waals surface area contributed by atoms with Crippen LogP contribution in [0.2, 0.25) is 6.04 Å². The second-order valence-corrected chi connectivity index (χ2v) is 8.46. The van der Waals surface area contributed by atoms with Crippen molar-refractivity contribution in [2.45, 2.75) is 91.5 Å². The van der Waals surface area contributed by atoms with Gasteiger partial charge in [0.05, 0.1) is 5.84 Å². The second kappa shape index (κ2) is 17.8. The van der Waals surface area contributed by atoms with Gasteiger partial charge in [0.15, 0.2) is 0 Å². The maximum absolute atomic E-state index is 4.88. The van der Waals surface area contributed by atoms with Gasteiger partial charge in [-0.2, -0.15) is 0 Å². The SMILES string of the molecule is CC=C[SiH2]CC(C)CC(=NCCCCCC)NCCCCCC. The standard InChI is InChI=1S/C20H42N2Si/c1-5-8-10-12-14-21-20(22-15-13-11-9-6-2)17-19(4)18-23-16-7-3/h7,16,19H,5-6,8-15,17-18,23H2,1-4H3,(H,21,22). The molecule has 0 bridgehead atoms. The molecule has 1 N–H and O–H groups in total. The summed E-state index contributed by atoms with van der Waals surface area (Å²) >= 11 is 0. The average molecular weight is 339 g/mol. The summed E-state index contributed by atoms with van der Waals surface area (Å²) in [7, 11) is -0.00340. The number of hydrogen-bond acceptors (Lipinski definition) is 1. The zero-order valence-electron chi connectivity index (χ0n) is 16.4. The third-order valence-corrected chi connectivity index (χ3v) is 6.40. The van der Waals surface area contributed by atoms with E-state index in [2.05, 4.69) is 44.8 Å². The van der Waals surface area contributed by atoms with Crippen LogP contribution in [-0.2, 0) is 0 Å². The first-order valence-corrected chi connectivity index (χ1v) is 11.9. The fourth-order valence-electron chi connectivity index (χ4n) is 2.71. The Morgan fingerprint density at radius 1 is 1.04 bits per heavy atom. The van der Waals surface area contributed by atoms with Crippen LogP contribution in [0.15, 0.2) is 16.8 Å². The first-order valence-electron chi connectivity index (χ1n) is 10.1. The van der Waals surface area contributed by atoms with Gasteiger partial charge in [-0.25, -0.2) is 0 Å². The minimum absolute atomic E-state index is 0.00340. The van der Waals surface area contributed by atoms with Crippen LogP contribution in [0.25, 0.3) is 0 Å². The van der Waals surface area contributed by atoms with Crippen molar-refractivity contribution < 1.29 is 0 Å². The van der Waals surface area contributed by atoms with Crippen molar-refractivity contribution in [3.63, 3.8) is 0 Å². The molecule has 136 valence electrons. The molecule has 0 amide bonds. The molecule has 0 spiro atoms. The third-order valence-electron chi connectivity index (χ3n) is 4.28. The van der Waals surface area contributed by atoms with Crippen molar-refractivity contribution >= 4 is 15.4 Å². The lowest BCUT2D eigenvalue weighted by Gasteiger charge is -2.15. The maximum Gasteiger partial charge on any atom is 0.0965 e. The van der Waals surface area contributed by atoms with Crippen molar-refractivity contribution in [3.8, 4) is 0 Å². The normalized spacial score (nSPS) is 14.2. The quantitative estimate of drug-likeness (QED) is 0.187. The summed E-state index contributed by atoms with van der Waals surface area (Å²) < 4.78 is 0. The minimum atomic E-state index is -0.00340. The molecule has 1 atom stereocenters. The van der Waals surface area contributed by atoms with Gasteiger partial charge in [-0.15, -0.1) is 5.70 Å². The van der Waals surface area contributed by atoms with Gasteiger partial charge in [0, 0.05) is 29.0 Å². The molecular formula is C20H42N2Si. The number of allylic oxidation sites excluding steroid dienone is 1. The van der Waals surface area contributed by atoms with Gasteiger partial charge >= 0.3 is 0 Å². The molecular weight excluding hydrogens is 296 g/mol. The van der Waals surface area contributed by atoms with Crippen molar-refractivity contribution in [2.24, 2.45) is 10.9 Å². The van der Waals surface area contributed by atoms with Gasteiger partial charge in [0.1, 0.15) is 0 Å². The maximum atomic E-state index is 4.88. The molecule has 0 aromatic carbocycles. The van der Waals surface area contributed by atoms with E-state index >= 15 is 0 Å². The molecule has 0 saturated carbocycles. The molecule has 3 heteroatoms. The predicted molar refractivity (Wildman–Crippen MR) is 111 cm³/mol. The number of aliphatic imine (C=N–C) groups is 1. The van der Waals surface area contributed by atoms with E-state index in [1.165, 1.54) is 63.2 Å². The third kappa shape index (κ3) is 16.1. The Hall–Kier alpha value is -0.573. The van der Waals surface area contributed by atoms with Gasteiger partial charge in [0.2, 0.25) is 0 Å². The highest BCUT2D eigenvalue weighted by molar-refractivity contribution is 6.42. The number of nitrogens with zero attached hydrogens (tertiary/aromatic N) is 1. The fraction of sp³-hybridized carbons (Fsp3) is 0.850. The van der Waals surface area contributed by atoms with Gasteiger partial charge < -0.3 is 5.32 Å². The molecule has 0 radical (unpaired) electrons. The fourth-order valence-corrected chi connectivity index (χ4v) is 4.01. The summed E-state index contributed by atoms with van der Waals surface area (Å²) in [6.07, 6.45) is 13.9. The number of rotatable bonds is 15. The van der Waals surface area contributed by atoms with Crippen LogP contribution in [0.1, 0.15) is 85.5 Å². The molecule has 0 rings (SSSR count). The van der Waals surface area contributed by atoms with Crippen molar-refractivity contribution in [2.75, 3.05) is 13.1 Å². The summed E-state index contributed by atoms with van der Waals surface area (Å²) in [5.74, 6) is 2.05. The van der Waals surface area contributed by atoms with E-state index in [4.69, 9.17) is 4.99 Å². The number of unbranched alkanes of at least 4 members (excludes halogenated alkanes) is 6. The first kappa shape index (κ1) is 22.4. The van der Waals surface area contributed by atoms with Crippen LogP contribution in [0.4, 0.5) is 0 Å². The summed E-state index contributed by atoms with van der Waals surface area (Å²) in [6, 6.07) is 1.40. The highest BCUT2D eigenvalue weighted by atomic mass is 28.2. The van der Waals surface area contributed by atoms with Crippen LogP contribution in [0, 0.1) is 5.92 Å². The van der Waals surface area contributed by atoms with E-state index in [9.17, 15) is 0 Å². The minimum Gasteiger partial charge on any atom is -0.374 e. The Labute approximate surface area is 148 Å². The Bertz CT molecular complexity index is 300. The lowest BCUT2D eigenvalue weighted by molar-refractivity contribution is 0.625. The van der Waals surface area contributed by atoms with E-state index in [0.717, 1.165) is 25.4 Å². The summed E-state index contributed by atoms with van der Waals surface area (Å²) in [5.41, 5.74) is 2.41. The predicted octanol–water partition coefficient (Wildman–Crippen LogP) is 5.28. The van der Waals surface area contributed by atoms with Crippen LogP contribution >= 0.6 is 0 Å². The Kier molecular flexibility index (Phi) is 17.3. The van der Waals surface area contributed by atoms with Crippen molar-refractivity contribution in [1.29, 1.82) is 0 Å². The summed E-state index contributed by atoms with van der Waals surface area (Å²) in [4.78, 5) is 4.88. The second-order valence-electron chi connectivity index (χ2n) is 6.83. The highest BCUT2D eigenvalue weighted by Gasteiger charge is 2.06. The lowest BCUT2D eigenvalue weighted by Crippen LogP contribution is -2.27. The van der Waals surface area contributed by atoms with Gasteiger partial charge in [-0.1, -0.05) is 71.4 Å². The summed E-state index contributed by atoms with van der Waals surface area (Å²) in [6.45, 7) is 11.2. The van der Waals surface area contributed by atoms with Crippen LogP contribution in [0.3, 0.4) is 0 Å². The molecule has 23 heavy (non-hydrogen) atoms. The molecule has 0 heterocycles. The molecule has 0 aromatic rings. The van der Waals surface area contributed by atoms with Crippen molar-refractivity contribution in [3.05, 3.63) is 11.8 Å². The number of hydrogen-bond donors (Lipinski definition) is 1. The van der Waals surface area contributed by atoms with E-state index in [-0.39, 0.29) is 9.52 Å². The van der Waals surface area contributed by atoms with Crippen LogP contribution in [-0.4, -0.2) is 28.4 Å². The number of amidine groups is 1. The molecule has 0 aliphatic rings. The topological polar surface area (TPSA) is 24.4 Å². The zero-order valence-corrected chi connectivity index (χ0v) is 17.8. The molecule has 0 aliphatic carbocycles. The Balaban J connectivity index is 4.15. The molecule has 0 fully saturated rings.